The quantitative estimate of drug-likeness (QED) is 0.823. The van der Waals surface area contributed by atoms with Gasteiger partial charge in [0.2, 0.25) is 0 Å². The van der Waals surface area contributed by atoms with Gasteiger partial charge in [0.25, 0.3) is 0 Å². The number of hydrogen-bond acceptors (Lipinski definition) is 4. The predicted molar refractivity (Wildman–Crippen MR) is 81.9 cm³/mol. The maximum absolute atomic E-state index is 9.65. The van der Waals surface area contributed by atoms with E-state index in [4.69, 9.17) is 4.74 Å². The van der Waals surface area contributed by atoms with Gasteiger partial charge in [0.1, 0.15) is 0 Å². The van der Waals surface area contributed by atoms with Crippen LogP contribution >= 0.6 is 0 Å². The lowest BCUT2D eigenvalue weighted by Crippen LogP contribution is -2.52. The van der Waals surface area contributed by atoms with E-state index in [-0.39, 0.29) is 17.3 Å². The third kappa shape index (κ3) is 3.35. The number of nitrogens with one attached hydrogen (secondary N) is 1. The molecule has 0 aromatic heterocycles. The Morgan fingerprint density at radius 1 is 1.15 bits per heavy atom. The summed E-state index contributed by atoms with van der Waals surface area (Å²) in [6, 6.07) is 0.384. The zero-order valence-electron chi connectivity index (χ0n) is 13.8. The van der Waals surface area contributed by atoms with E-state index in [0.717, 1.165) is 39.0 Å². The monoisotopic (exact) mass is 284 g/mol. The van der Waals surface area contributed by atoms with E-state index in [1.54, 1.807) is 0 Å². The molecule has 2 heterocycles. The molecule has 20 heavy (non-hydrogen) atoms. The van der Waals surface area contributed by atoms with Crippen LogP contribution < -0.4 is 5.32 Å². The first-order valence-corrected chi connectivity index (χ1v) is 8.10. The normalized spacial score (nSPS) is 34.5. The molecule has 2 N–H and O–H groups in total. The maximum Gasteiger partial charge on any atom is 0.0790 e. The molecule has 0 aliphatic carbocycles. The molecule has 0 spiro atoms. The number of aliphatic hydroxyl groups excluding tert-OH is 1. The van der Waals surface area contributed by atoms with Crippen molar-refractivity contribution in [2.24, 2.45) is 5.92 Å². The predicted octanol–water partition coefficient (Wildman–Crippen LogP) is 1.62. The van der Waals surface area contributed by atoms with Crippen LogP contribution in [0.4, 0.5) is 0 Å². The van der Waals surface area contributed by atoms with Crippen molar-refractivity contribution in [3.05, 3.63) is 0 Å². The number of hydrogen-bond donors (Lipinski definition) is 2. The summed E-state index contributed by atoms with van der Waals surface area (Å²) < 4.78 is 6.34. The van der Waals surface area contributed by atoms with Crippen LogP contribution in [0, 0.1) is 5.92 Å². The fraction of sp³-hybridized carbons (Fsp3) is 1.00. The van der Waals surface area contributed by atoms with Crippen LogP contribution in [0.1, 0.15) is 47.5 Å². The molecule has 0 amide bonds. The standard InChI is InChI=1S/C16H32N2O2/c1-6-17-14-13(15(2,3)20-16(14,4)5)11-18-9-7-12(19)8-10-18/h12-14,17,19H,6-11H2,1-5H3. The first-order chi connectivity index (χ1) is 9.26. The summed E-state index contributed by atoms with van der Waals surface area (Å²) in [6.07, 6.45) is 1.71. The Kier molecular flexibility index (Phi) is 4.80. The van der Waals surface area contributed by atoms with Gasteiger partial charge in [-0.2, -0.15) is 0 Å². The smallest absolute Gasteiger partial charge is 0.0790 e. The minimum Gasteiger partial charge on any atom is -0.393 e. The molecule has 0 aromatic carbocycles. The number of aliphatic hydroxyl groups is 1. The molecule has 0 radical (unpaired) electrons. The summed E-state index contributed by atoms with van der Waals surface area (Å²) in [5.74, 6) is 0.479. The molecule has 118 valence electrons. The van der Waals surface area contributed by atoms with E-state index in [1.807, 2.05) is 0 Å². The molecule has 0 bridgehead atoms. The Labute approximate surface area is 123 Å². The van der Waals surface area contributed by atoms with Gasteiger partial charge in [-0.05, 0) is 47.1 Å². The Hall–Kier alpha value is -0.160. The summed E-state index contributed by atoms with van der Waals surface area (Å²) >= 11 is 0. The number of ether oxygens (including phenoxy) is 1. The lowest BCUT2D eigenvalue weighted by Gasteiger charge is -2.37. The van der Waals surface area contributed by atoms with Crippen LogP contribution in [0.3, 0.4) is 0 Å². The molecular formula is C16H32N2O2. The van der Waals surface area contributed by atoms with Crippen molar-refractivity contribution in [2.45, 2.75) is 70.8 Å². The lowest BCUT2D eigenvalue weighted by molar-refractivity contribution is -0.0802. The highest BCUT2D eigenvalue weighted by Crippen LogP contribution is 2.42. The zero-order chi connectivity index (χ0) is 15.0. The van der Waals surface area contributed by atoms with E-state index in [9.17, 15) is 5.11 Å². The van der Waals surface area contributed by atoms with Gasteiger partial charge >= 0.3 is 0 Å². The molecule has 2 fully saturated rings. The Bertz CT molecular complexity index is 322. The third-order valence-corrected chi connectivity index (χ3v) is 5.01. The SMILES string of the molecule is CCNC1C(CN2CCC(O)CC2)C(C)(C)OC1(C)C. The summed E-state index contributed by atoms with van der Waals surface area (Å²) in [5.41, 5.74) is -0.230. The van der Waals surface area contributed by atoms with Crippen molar-refractivity contribution in [2.75, 3.05) is 26.2 Å². The van der Waals surface area contributed by atoms with E-state index >= 15 is 0 Å². The number of piperidine rings is 1. The first kappa shape index (κ1) is 16.2. The zero-order valence-corrected chi connectivity index (χ0v) is 13.8. The minimum absolute atomic E-state index is 0.0971. The summed E-state index contributed by atoms with van der Waals surface area (Å²) in [6.45, 7) is 15.0. The molecule has 2 rings (SSSR count). The average Bonchev–Trinajstić information content (AvgIpc) is 2.50. The van der Waals surface area contributed by atoms with Gasteiger partial charge in [0, 0.05) is 31.6 Å². The molecule has 2 atom stereocenters. The van der Waals surface area contributed by atoms with Crippen molar-refractivity contribution < 1.29 is 9.84 Å². The number of nitrogens with zero attached hydrogens (tertiary/aromatic N) is 1. The van der Waals surface area contributed by atoms with Crippen molar-refractivity contribution in [3.63, 3.8) is 0 Å². The van der Waals surface area contributed by atoms with Crippen molar-refractivity contribution >= 4 is 0 Å². The van der Waals surface area contributed by atoms with E-state index in [0.29, 0.717) is 12.0 Å². The molecule has 0 aromatic rings. The Morgan fingerprint density at radius 2 is 1.75 bits per heavy atom. The highest BCUT2D eigenvalue weighted by Gasteiger charge is 2.53. The van der Waals surface area contributed by atoms with Gasteiger partial charge in [-0.15, -0.1) is 0 Å². The molecule has 2 aliphatic heterocycles. The van der Waals surface area contributed by atoms with Crippen molar-refractivity contribution in [1.82, 2.24) is 10.2 Å². The largest absolute Gasteiger partial charge is 0.393 e. The number of rotatable bonds is 4. The van der Waals surface area contributed by atoms with Gasteiger partial charge in [0.15, 0.2) is 0 Å². The van der Waals surface area contributed by atoms with Crippen LogP contribution in [0.15, 0.2) is 0 Å². The van der Waals surface area contributed by atoms with E-state index < -0.39 is 0 Å². The van der Waals surface area contributed by atoms with Gasteiger partial charge in [-0.3, -0.25) is 0 Å². The highest BCUT2D eigenvalue weighted by atomic mass is 16.5. The number of likely N-dealkylation sites (tertiary alicyclic amines) is 1. The van der Waals surface area contributed by atoms with Gasteiger partial charge < -0.3 is 20.1 Å². The molecular weight excluding hydrogens is 252 g/mol. The Balaban J connectivity index is 2.06. The lowest BCUT2D eigenvalue weighted by atomic mass is 9.81. The average molecular weight is 284 g/mol. The topological polar surface area (TPSA) is 44.7 Å². The second-order valence-electron chi connectivity index (χ2n) is 7.48. The van der Waals surface area contributed by atoms with E-state index in [2.05, 4.69) is 44.8 Å². The van der Waals surface area contributed by atoms with Gasteiger partial charge in [0.05, 0.1) is 17.3 Å². The van der Waals surface area contributed by atoms with Crippen LogP contribution in [0.5, 0.6) is 0 Å². The maximum atomic E-state index is 9.65. The van der Waals surface area contributed by atoms with Crippen LogP contribution in [0.2, 0.25) is 0 Å². The van der Waals surface area contributed by atoms with Gasteiger partial charge in [-0.25, -0.2) is 0 Å². The summed E-state index contributed by atoms with van der Waals surface area (Å²) in [4.78, 5) is 2.49. The molecule has 2 aliphatic rings. The van der Waals surface area contributed by atoms with Crippen molar-refractivity contribution in [1.29, 1.82) is 0 Å². The fourth-order valence-electron chi connectivity index (χ4n) is 4.02. The summed E-state index contributed by atoms with van der Waals surface area (Å²) in [7, 11) is 0. The van der Waals surface area contributed by atoms with Crippen LogP contribution in [0.25, 0.3) is 0 Å². The van der Waals surface area contributed by atoms with Crippen LogP contribution in [-0.4, -0.2) is 59.5 Å². The second-order valence-corrected chi connectivity index (χ2v) is 7.48. The highest BCUT2D eigenvalue weighted by molar-refractivity contribution is 5.06. The fourth-order valence-corrected chi connectivity index (χ4v) is 4.02. The molecule has 0 saturated carbocycles. The summed E-state index contributed by atoms with van der Waals surface area (Å²) in [5, 5.41) is 13.3. The molecule has 2 saturated heterocycles. The second kappa shape index (κ2) is 5.91. The molecule has 2 unspecified atom stereocenters. The van der Waals surface area contributed by atoms with E-state index in [1.165, 1.54) is 0 Å². The third-order valence-electron chi connectivity index (χ3n) is 5.01. The molecule has 4 heteroatoms. The molecule has 4 nitrogen and oxygen atoms in total. The van der Waals surface area contributed by atoms with Crippen molar-refractivity contribution in [3.8, 4) is 0 Å². The minimum atomic E-state index is -0.126. The van der Waals surface area contributed by atoms with Gasteiger partial charge in [-0.1, -0.05) is 6.92 Å². The number of likely N-dealkylation sites (N-methyl/N-ethyl adjacent to an activating group) is 1. The first-order valence-electron chi connectivity index (χ1n) is 8.10. The van der Waals surface area contributed by atoms with Crippen LogP contribution in [-0.2, 0) is 4.74 Å². The Morgan fingerprint density at radius 3 is 2.30 bits per heavy atom.